The van der Waals surface area contributed by atoms with Crippen LogP contribution in [-0.2, 0) is 4.79 Å². The van der Waals surface area contributed by atoms with Gasteiger partial charge in [0, 0.05) is 37.3 Å². The fraction of sp³-hybridized carbons (Fsp3) is 0.360. The van der Waals surface area contributed by atoms with Crippen molar-refractivity contribution in [3.63, 3.8) is 0 Å². The molecule has 0 unspecified atom stereocenters. The van der Waals surface area contributed by atoms with Gasteiger partial charge >= 0.3 is 0 Å². The van der Waals surface area contributed by atoms with Crippen LogP contribution < -0.4 is 10.6 Å². The minimum Gasteiger partial charge on any atom is -0.382 e. The van der Waals surface area contributed by atoms with Crippen molar-refractivity contribution in [1.29, 1.82) is 5.26 Å². The highest BCUT2D eigenvalue weighted by molar-refractivity contribution is 7.14. The van der Waals surface area contributed by atoms with Gasteiger partial charge in [0.1, 0.15) is 11.1 Å². The molecule has 4 aromatic heterocycles. The molecule has 10 heteroatoms. The maximum absolute atomic E-state index is 11.1. The van der Waals surface area contributed by atoms with Crippen molar-refractivity contribution in [2.24, 2.45) is 5.92 Å². The van der Waals surface area contributed by atoms with E-state index in [9.17, 15) is 4.79 Å². The van der Waals surface area contributed by atoms with Gasteiger partial charge in [0.15, 0.2) is 5.01 Å². The number of hydrogen-bond acceptors (Lipinski definition) is 8. The van der Waals surface area contributed by atoms with Crippen LogP contribution in [0.25, 0.3) is 27.5 Å². The Morgan fingerprint density at radius 2 is 2.09 bits per heavy atom. The second kappa shape index (κ2) is 9.43. The van der Waals surface area contributed by atoms with Gasteiger partial charge in [0.2, 0.25) is 5.91 Å². The Balaban J connectivity index is 1.41. The number of carbonyl (C=O) groups is 1. The molecular formula is C25H26N8OS. The molecule has 4 heterocycles. The van der Waals surface area contributed by atoms with Crippen molar-refractivity contribution in [2.75, 3.05) is 11.9 Å². The average Bonchev–Trinajstić information content (AvgIpc) is 3.44. The average molecular weight is 487 g/mol. The van der Waals surface area contributed by atoms with E-state index < -0.39 is 0 Å². The smallest absolute Gasteiger partial charge is 0.216 e. The highest BCUT2D eigenvalue weighted by Crippen LogP contribution is 2.44. The maximum Gasteiger partial charge on any atom is 0.216 e. The lowest BCUT2D eigenvalue weighted by Crippen LogP contribution is -2.34. The molecule has 0 aromatic carbocycles. The van der Waals surface area contributed by atoms with E-state index in [1.54, 1.807) is 29.0 Å². The minimum atomic E-state index is 0.0172. The second-order valence-corrected chi connectivity index (χ2v) is 10.3. The first-order valence-corrected chi connectivity index (χ1v) is 12.5. The van der Waals surface area contributed by atoms with Crippen LogP contribution in [0.5, 0.6) is 0 Å². The normalized spacial score (nSPS) is 17.2. The van der Waals surface area contributed by atoms with E-state index >= 15 is 0 Å². The zero-order valence-electron chi connectivity index (χ0n) is 19.8. The largest absolute Gasteiger partial charge is 0.382 e. The Morgan fingerprint density at radius 1 is 1.26 bits per heavy atom. The SMILES string of the molecule is CC(=O)NC[C@H]1C[C@H](c2nnc(-c3cnc(-c4ccc5cc(C#N)cnn45)cc3NC(C)C)s2)C1. The van der Waals surface area contributed by atoms with E-state index in [0.29, 0.717) is 17.4 Å². The molecule has 9 nitrogen and oxygen atoms in total. The molecule has 0 radical (unpaired) electrons. The molecule has 1 saturated carbocycles. The third-order valence-electron chi connectivity index (χ3n) is 6.14. The molecule has 1 aliphatic rings. The van der Waals surface area contributed by atoms with Crippen LogP contribution >= 0.6 is 11.3 Å². The van der Waals surface area contributed by atoms with Crippen molar-refractivity contribution in [3.05, 3.63) is 47.2 Å². The van der Waals surface area contributed by atoms with Gasteiger partial charge in [0.05, 0.1) is 34.2 Å². The number of nitriles is 1. The van der Waals surface area contributed by atoms with Gasteiger partial charge in [-0.2, -0.15) is 10.4 Å². The number of carbonyl (C=O) groups excluding carboxylic acids is 1. The maximum atomic E-state index is 11.1. The Kier molecular flexibility index (Phi) is 6.17. The number of fused-ring (bicyclic) bond motifs is 1. The van der Waals surface area contributed by atoms with Crippen molar-refractivity contribution in [2.45, 2.75) is 45.6 Å². The molecule has 5 rings (SSSR count). The lowest BCUT2D eigenvalue weighted by Gasteiger charge is -2.33. The van der Waals surface area contributed by atoms with Gasteiger partial charge < -0.3 is 10.6 Å². The minimum absolute atomic E-state index is 0.0172. The number of nitrogens with one attached hydrogen (secondary N) is 2. The lowest BCUT2D eigenvalue weighted by atomic mass is 9.75. The van der Waals surface area contributed by atoms with Gasteiger partial charge in [-0.25, -0.2) is 4.52 Å². The fourth-order valence-corrected chi connectivity index (χ4v) is 5.34. The molecule has 0 spiro atoms. The Hall–Kier alpha value is -3.84. The number of rotatable bonds is 7. The van der Waals surface area contributed by atoms with Crippen LogP contribution in [-0.4, -0.2) is 43.3 Å². The van der Waals surface area contributed by atoms with E-state index in [1.165, 1.54) is 0 Å². The molecule has 0 aliphatic heterocycles. The topological polar surface area (TPSA) is 121 Å². The number of nitrogens with zero attached hydrogens (tertiary/aromatic N) is 6. The lowest BCUT2D eigenvalue weighted by molar-refractivity contribution is -0.119. The summed E-state index contributed by atoms with van der Waals surface area (Å²) < 4.78 is 1.79. The molecule has 1 amide bonds. The number of aromatic nitrogens is 5. The first kappa shape index (κ1) is 22.9. The first-order chi connectivity index (χ1) is 16.9. The summed E-state index contributed by atoms with van der Waals surface area (Å²) in [5.41, 5.74) is 4.84. The zero-order valence-corrected chi connectivity index (χ0v) is 20.6. The van der Waals surface area contributed by atoms with Gasteiger partial charge in [0.25, 0.3) is 0 Å². The molecule has 0 bridgehead atoms. The summed E-state index contributed by atoms with van der Waals surface area (Å²) in [5, 5.41) is 30.8. The highest BCUT2D eigenvalue weighted by atomic mass is 32.1. The van der Waals surface area contributed by atoms with Crippen molar-refractivity contribution in [3.8, 4) is 28.0 Å². The summed E-state index contributed by atoms with van der Waals surface area (Å²) in [5.74, 6) is 0.916. The van der Waals surface area contributed by atoms with E-state index in [2.05, 4.69) is 45.8 Å². The van der Waals surface area contributed by atoms with Crippen LogP contribution in [0, 0.1) is 17.2 Å². The standard InChI is InChI=1S/C25H26N8OS/c1-14(2)30-21-9-22(23-5-4-19-8-17(10-26)12-29-33(19)23)28-13-20(21)25-32-31-24(35-25)18-6-16(7-18)11-27-15(3)34/h4-5,8-9,12-14,16,18H,6-7,11H2,1-3H3,(H,27,34)(H,28,30)/t16-,18-. The van der Waals surface area contributed by atoms with Crippen LogP contribution in [0.1, 0.15) is 50.1 Å². The molecule has 4 aromatic rings. The van der Waals surface area contributed by atoms with Crippen LogP contribution in [0.15, 0.2) is 36.7 Å². The molecule has 2 N–H and O–H groups in total. The van der Waals surface area contributed by atoms with Gasteiger partial charge in [-0.05, 0) is 56.9 Å². The number of hydrogen-bond donors (Lipinski definition) is 2. The molecule has 35 heavy (non-hydrogen) atoms. The van der Waals surface area contributed by atoms with Crippen molar-refractivity contribution < 1.29 is 4.79 Å². The van der Waals surface area contributed by atoms with E-state index in [4.69, 9.17) is 10.2 Å². The number of amides is 1. The summed E-state index contributed by atoms with van der Waals surface area (Å²) in [7, 11) is 0. The first-order valence-electron chi connectivity index (χ1n) is 11.6. The van der Waals surface area contributed by atoms with Crippen molar-refractivity contribution in [1.82, 2.24) is 30.1 Å². The van der Waals surface area contributed by atoms with Gasteiger partial charge in [-0.15, -0.1) is 10.2 Å². The molecule has 178 valence electrons. The monoisotopic (exact) mass is 486 g/mol. The van der Waals surface area contributed by atoms with Gasteiger partial charge in [-0.1, -0.05) is 11.3 Å². The van der Waals surface area contributed by atoms with Crippen molar-refractivity contribution >= 4 is 28.4 Å². The second-order valence-electron chi connectivity index (χ2n) is 9.24. The highest BCUT2D eigenvalue weighted by Gasteiger charge is 2.33. The van der Waals surface area contributed by atoms with Gasteiger partial charge in [-0.3, -0.25) is 9.78 Å². The summed E-state index contributed by atoms with van der Waals surface area (Å²) in [6, 6.07) is 10.1. The number of anilines is 1. The quantitative estimate of drug-likeness (QED) is 0.401. The van der Waals surface area contributed by atoms with Crippen LogP contribution in [0.3, 0.4) is 0 Å². The summed E-state index contributed by atoms with van der Waals surface area (Å²) >= 11 is 1.61. The predicted molar refractivity (Wildman–Crippen MR) is 135 cm³/mol. The Labute approximate surface area is 207 Å². The summed E-state index contributed by atoms with van der Waals surface area (Å²) in [4.78, 5) is 15.9. The third-order valence-corrected chi connectivity index (χ3v) is 7.25. The van der Waals surface area contributed by atoms with E-state index in [1.807, 2.05) is 30.5 Å². The van der Waals surface area contributed by atoms with E-state index in [-0.39, 0.29) is 11.9 Å². The van der Waals surface area contributed by atoms with Crippen LogP contribution in [0.2, 0.25) is 0 Å². The molecule has 0 saturated heterocycles. The molecular weight excluding hydrogens is 460 g/mol. The Morgan fingerprint density at radius 3 is 2.83 bits per heavy atom. The number of pyridine rings is 1. The summed E-state index contributed by atoms with van der Waals surface area (Å²) in [6.45, 7) is 6.47. The third kappa shape index (κ3) is 4.72. The summed E-state index contributed by atoms with van der Waals surface area (Å²) in [6.07, 6.45) is 5.44. The fourth-order valence-electron chi connectivity index (χ4n) is 4.35. The molecule has 0 atom stereocenters. The van der Waals surface area contributed by atoms with Crippen LogP contribution in [0.4, 0.5) is 5.69 Å². The van der Waals surface area contributed by atoms with E-state index in [0.717, 1.165) is 57.6 Å². The molecule has 1 aliphatic carbocycles. The zero-order chi connectivity index (χ0) is 24.5. The predicted octanol–water partition coefficient (Wildman–Crippen LogP) is 4.24. The Bertz CT molecular complexity index is 1430. The molecule has 1 fully saturated rings.